The molecule has 2 N–H and O–H groups in total. The summed E-state index contributed by atoms with van der Waals surface area (Å²) in [5, 5.41) is 24.7. The number of esters is 1. The number of methoxy groups -OCH3 is 1. The van der Waals surface area contributed by atoms with Crippen molar-refractivity contribution in [3.63, 3.8) is 0 Å². The second-order valence-electron chi connectivity index (χ2n) is 18.1. The van der Waals surface area contributed by atoms with Gasteiger partial charge in [0.15, 0.2) is 17.7 Å². The van der Waals surface area contributed by atoms with Crippen LogP contribution in [-0.2, 0) is 39.9 Å². The van der Waals surface area contributed by atoms with Crippen molar-refractivity contribution in [2.75, 3.05) is 34.3 Å². The monoisotopic (exact) mass is 824 g/mol. The number of ether oxygens (including phenoxy) is 5. The van der Waals surface area contributed by atoms with E-state index in [-0.39, 0.29) is 36.8 Å². The number of cyclic esters (lactones) is 1. The number of aliphatic hydroxyl groups excluding tert-OH is 1. The van der Waals surface area contributed by atoms with E-state index in [1.165, 1.54) is 13.8 Å². The third kappa shape index (κ3) is 8.48. The average Bonchev–Trinajstić information content (AvgIpc) is 3.44. The summed E-state index contributed by atoms with van der Waals surface area (Å²) in [6.45, 7) is 14.9. The van der Waals surface area contributed by atoms with Crippen LogP contribution in [0.5, 0.6) is 5.75 Å². The Morgan fingerprint density at radius 2 is 1.68 bits per heavy atom. The van der Waals surface area contributed by atoms with E-state index >= 15 is 0 Å². The lowest BCUT2D eigenvalue weighted by atomic mass is 9.73. The molecule has 1 amide bonds. The van der Waals surface area contributed by atoms with Crippen LogP contribution in [0.15, 0.2) is 30.5 Å². The number of nitrogens with zero attached hydrogens (tertiary/aromatic N) is 4. The predicted molar refractivity (Wildman–Crippen MR) is 217 cm³/mol. The predicted octanol–water partition coefficient (Wildman–Crippen LogP) is 3.98. The maximum atomic E-state index is 14.7. The molecule has 4 saturated heterocycles. The lowest BCUT2D eigenvalue weighted by Gasteiger charge is -2.48. The molecule has 15 nitrogen and oxygen atoms in total. The Morgan fingerprint density at radius 3 is 2.32 bits per heavy atom. The number of para-hydroxylation sites is 1. The minimum Gasteiger partial charge on any atom is -0.495 e. The van der Waals surface area contributed by atoms with E-state index in [2.05, 4.69) is 9.88 Å². The smallest absolute Gasteiger partial charge is 0.411 e. The number of Topliss-reactive ketones (excluding diaryl/α,β-unsaturated/α-hetero) is 2. The van der Waals surface area contributed by atoms with Gasteiger partial charge in [-0.15, -0.1) is 0 Å². The molecule has 4 aliphatic rings. The van der Waals surface area contributed by atoms with Gasteiger partial charge in [-0.2, -0.15) is 0 Å². The third-order valence-electron chi connectivity index (χ3n) is 13.4. The highest BCUT2D eigenvalue weighted by atomic mass is 16.7. The van der Waals surface area contributed by atoms with Crippen molar-refractivity contribution in [3.8, 4) is 5.75 Å². The van der Waals surface area contributed by atoms with Crippen molar-refractivity contribution >= 4 is 34.5 Å². The molecule has 4 aliphatic heterocycles. The largest absolute Gasteiger partial charge is 0.495 e. The Labute approximate surface area is 347 Å². The molecule has 5 heterocycles. The molecule has 1 aromatic heterocycles. The number of hydrogen-bond acceptors (Lipinski definition) is 14. The fourth-order valence-corrected chi connectivity index (χ4v) is 10.2. The first-order valence-corrected chi connectivity index (χ1v) is 21.0. The molecule has 0 bridgehead atoms. The molecule has 13 atom stereocenters. The van der Waals surface area contributed by atoms with Crippen LogP contribution in [0.25, 0.3) is 10.9 Å². The summed E-state index contributed by atoms with van der Waals surface area (Å²) >= 11 is 0. The van der Waals surface area contributed by atoms with Gasteiger partial charge in [-0.1, -0.05) is 45.9 Å². The number of aliphatic hydroxyl groups is 2. The molecule has 59 heavy (non-hydrogen) atoms. The van der Waals surface area contributed by atoms with E-state index in [0.29, 0.717) is 31.8 Å². The van der Waals surface area contributed by atoms with Gasteiger partial charge in [0, 0.05) is 54.4 Å². The number of rotatable bonds is 8. The Morgan fingerprint density at radius 1 is 1.00 bits per heavy atom. The van der Waals surface area contributed by atoms with Gasteiger partial charge in [0.1, 0.15) is 29.7 Å². The van der Waals surface area contributed by atoms with Gasteiger partial charge in [-0.25, -0.2) is 4.79 Å². The van der Waals surface area contributed by atoms with Crippen molar-refractivity contribution in [1.29, 1.82) is 0 Å². The maximum absolute atomic E-state index is 14.7. The van der Waals surface area contributed by atoms with E-state index in [1.54, 1.807) is 52.8 Å². The van der Waals surface area contributed by atoms with E-state index in [1.807, 2.05) is 50.2 Å². The van der Waals surface area contributed by atoms with E-state index in [0.717, 1.165) is 16.5 Å². The molecule has 0 radical (unpaired) electrons. The number of benzene rings is 1. The van der Waals surface area contributed by atoms with Crippen molar-refractivity contribution in [3.05, 3.63) is 36.0 Å². The highest BCUT2D eigenvalue weighted by Gasteiger charge is 2.62. The highest BCUT2D eigenvalue weighted by molar-refractivity contribution is 6.00. The third-order valence-corrected chi connectivity index (χ3v) is 13.4. The number of likely N-dealkylation sites (tertiary alicyclic amines) is 1. The Bertz CT molecular complexity index is 1890. The van der Waals surface area contributed by atoms with Crippen LogP contribution < -0.4 is 4.74 Å². The van der Waals surface area contributed by atoms with E-state index in [4.69, 9.17) is 23.7 Å². The Balaban J connectivity index is 1.31. The summed E-state index contributed by atoms with van der Waals surface area (Å²) in [5.41, 5.74) is -1.46. The number of hydrogen-bond donors (Lipinski definition) is 2. The van der Waals surface area contributed by atoms with Crippen molar-refractivity contribution in [2.24, 2.45) is 23.7 Å². The van der Waals surface area contributed by atoms with Crippen molar-refractivity contribution in [2.45, 2.75) is 141 Å². The Hall–Kier alpha value is -3.73. The number of carbonyl (C=O) groups excluding carboxylic acids is 4. The first-order valence-electron chi connectivity index (χ1n) is 21.0. The summed E-state index contributed by atoms with van der Waals surface area (Å²) in [6, 6.07) is 6.33. The van der Waals surface area contributed by atoms with Crippen LogP contribution in [0.1, 0.15) is 80.2 Å². The van der Waals surface area contributed by atoms with Gasteiger partial charge in [0.25, 0.3) is 0 Å². The lowest BCUT2D eigenvalue weighted by molar-refractivity contribution is -0.293. The van der Waals surface area contributed by atoms with Crippen molar-refractivity contribution in [1.82, 2.24) is 19.7 Å². The molecule has 4 fully saturated rings. The quantitative estimate of drug-likeness (QED) is 0.289. The number of pyridine rings is 1. The summed E-state index contributed by atoms with van der Waals surface area (Å²) < 4.78 is 30.5. The molecule has 15 heteroatoms. The number of fused-ring (bicyclic) bond motifs is 2. The van der Waals surface area contributed by atoms with E-state index in [9.17, 15) is 29.4 Å². The first-order chi connectivity index (χ1) is 27.7. The average molecular weight is 825 g/mol. The van der Waals surface area contributed by atoms with Crippen molar-refractivity contribution < 1.29 is 53.1 Å². The number of likely N-dealkylation sites (N-methyl/N-ethyl adjacent to an activating group) is 1. The van der Waals surface area contributed by atoms with Crippen LogP contribution in [-0.4, -0.2) is 148 Å². The summed E-state index contributed by atoms with van der Waals surface area (Å²) in [7, 11) is 5.30. The fraction of sp³-hybridized carbons (Fsp3) is 0.705. The standard InChI is InChI=1S/C44H64N4O11/c1-12-34-44(8)38(48(42(53)59-44)28-20-47(21-28)22-30-29-15-13-14-16-31(29)45-19-33(30)55-11)25(4)35(49)23(2)18-43(7,54)39(26(5)36(50)27(6)40(52)57-34)58-41-37(51)32(46(9)10)17-24(3)56-41/h13-16,19,23-28,32,34,37-39,41,51,54H,12,17-18,20-22H2,1-11H3/t23-,24-,25+,26+,27-,32+,34-,37-,38-,39-,41+,43-,44-/m1/s1. The normalized spacial score (nSPS) is 38.1. The van der Waals surface area contributed by atoms with E-state index < -0.39 is 83.4 Å². The molecular formula is C44H64N4O11. The second-order valence-corrected chi connectivity index (χ2v) is 18.1. The van der Waals surface area contributed by atoms with Crippen LogP contribution in [0, 0.1) is 23.7 Å². The summed E-state index contributed by atoms with van der Waals surface area (Å²) in [5.74, 6) is -4.95. The van der Waals surface area contributed by atoms with Gasteiger partial charge in [0.2, 0.25) is 0 Å². The molecular weight excluding hydrogens is 761 g/mol. The zero-order valence-corrected chi connectivity index (χ0v) is 36.4. The number of amides is 1. The molecule has 6 rings (SSSR count). The van der Waals surface area contributed by atoms with Crippen LogP contribution >= 0.6 is 0 Å². The number of carbonyl (C=O) groups is 4. The molecule has 0 saturated carbocycles. The minimum absolute atomic E-state index is 0.124. The molecule has 2 aromatic rings. The minimum atomic E-state index is -1.82. The molecule has 0 unspecified atom stereocenters. The zero-order chi connectivity index (χ0) is 43.3. The van der Waals surface area contributed by atoms with Gasteiger partial charge in [-0.05, 0) is 67.1 Å². The number of aromatic nitrogens is 1. The second kappa shape index (κ2) is 17.3. The number of ketones is 2. The maximum Gasteiger partial charge on any atom is 0.411 e. The molecule has 0 aliphatic carbocycles. The topological polar surface area (TPSA) is 177 Å². The first kappa shape index (κ1) is 44.8. The molecule has 0 spiro atoms. The van der Waals surface area contributed by atoms with Gasteiger partial charge in [0.05, 0.1) is 48.7 Å². The van der Waals surface area contributed by atoms with Gasteiger partial charge in [-0.3, -0.25) is 29.2 Å². The van der Waals surface area contributed by atoms with Gasteiger partial charge >= 0.3 is 12.1 Å². The highest BCUT2D eigenvalue weighted by Crippen LogP contribution is 2.44. The molecule has 1 aromatic carbocycles. The van der Waals surface area contributed by atoms with Crippen LogP contribution in [0.3, 0.4) is 0 Å². The molecule has 326 valence electrons. The zero-order valence-electron chi connectivity index (χ0n) is 36.4. The lowest BCUT2D eigenvalue weighted by Crippen LogP contribution is -2.65. The van der Waals surface area contributed by atoms with Gasteiger partial charge < -0.3 is 38.8 Å². The Kier molecular flexibility index (Phi) is 13.2. The van der Waals surface area contributed by atoms with Crippen LogP contribution in [0.2, 0.25) is 0 Å². The van der Waals surface area contributed by atoms with Crippen LogP contribution in [0.4, 0.5) is 4.79 Å². The fourth-order valence-electron chi connectivity index (χ4n) is 10.2. The SMILES string of the molecule is CC[C@H]1OC(=O)[C@H](C)C(=O)[C@H](C)[C@@H](O[C@@H]2O[C@H](C)C[C@H](N(C)C)[C@H]2O)[C@](C)(O)C[C@@H](C)C(=O)[C@H](C)[C@H]2N(C3CN(Cc4c(OC)cnc5ccccc45)C3)C(=O)O[C@]12C. The summed E-state index contributed by atoms with van der Waals surface area (Å²) in [6.07, 6.45) is -3.17. The summed E-state index contributed by atoms with van der Waals surface area (Å²) in [4.78, 5) is 67.2.